The molecule has 0 amide bonds. The van der Waals surface area contributed by atoms with E-state index >= 15 is 0 Å². The van der Waals surface area contributed by atoms with E-state index < -0.39 is 10.0 Å². The zero-order chi connectivity index (χ0) is 22.2. The molecule has 3 heterocycles. The minimum absolute atomic E-state index is 0.0839. The van der Waals surface area contributed by atoms with Gasteiger partial charge in [-0.2, -0.15) is 5.10 Å². The average Bonchev–Trinajstić information content (AvgIpc) is 3.01. The van der Waals surface area contributed by atoms with Gasteiger partial charge in [-0.15, -0.1) is 0 Å². The van der Waals surface area contributed by atoms with E-state index in [0.29, 0.717) is 48.5 Å². The number of rotatable bonds is 8. The summed E-state index contributed by atoms with van der Waals surface area (Å²) >= 11 is 0. The molecule has 10 nitrogen and oxygen atoms in total. The number of sulfonamides is 1. The zero-order valence-corrected chi connectivity index (χ0v) is 18.5. The molecule has 1 fully saturated rings. The number of aromatic amines is 1. The van der Waals surface area contributed by atoms with Gasteiger partial charge in [-0.05, 0) is 31.5 Å². The van der Waals surface area contributed by atoms with Crippen LogP contribution in [0.4, 0.5) is 0 Å². The fourth-order valence-corrected chi connectivity index (χ4v) is 4.84. The Morgan fingerprint density at radius 2 is 2.06 bits per heavy atom. The van der Waals surface area contributed by atoms with Crippen molar-refractivity contribution in [1.82, 2.24) is 29.8 Å². The Labute approximate surface area is 180 Å². The molecule has 1 aliphatic rings. The van der Waals surface area contributed by atoms with Gasteiger partial charge in [0.15, 0.2) is 5.52 Å². The van der Waals surface area contributed by atoms with Crippen molar-refractivity contribution in [1.29, 1.82) is 0 Å². The molecule has 1 aromatic carbocycles. The maximum Gasteiger partial charge on any atom is 0.277 e. The summed E-state index contributed by atoms with van der Waals surface area (Å²) < 4.78 is 35.5. The molecule has 0 aliphatic carbocycles. The third-order valence-electron chi connectivity index (χ3n) is 5.17. The van der Waals surface area contributed by atoms with Crippen LogP contribution >= 0.6 is 0 Å². The molecular formula is C20H26N6O4S. The standard InChI is InChI=1S/C20H26N6O4S/c1-4-6-15-17-18(26(3)24-15)20(27)23-19(22-17)14-9-13(7-8-16(14)30-5-2)31(28,29)25-12-10-21-11-12/h7-9,12,21,25H,4-6,10-11H2,1-3H3,(H,22,23,27). The van der Waals surface area contributed by atoms with Crippen LogP contribution in [-0.4, -0.2) is 53.9 Å². The lowest BCUT2D eigenvalue weighted by Gasteiger charge is -2.27. The van der Waals surface area contributed by atoms with Crippen molar-refractivity contribution in [3.05, 3.63) is 34.2 Å². The predicted molar refractivity (Wildman–Crippen MR) is 117 cm³/mol. The summed E-state index contributed by atoms with van der Waals surface area (Å²) in [4.78, 5) is 20.3. The summed E-state index contributed by atoms with van der Waals surface area (Å²) in [5.74, 6) is 0.684. The Kier molecular flexibility index (Phi) is 5.82. The molecule has 31 heavy (non-hydrogen) atoms. The number of hydrogen-bond donors (Lipinski definition) is 3. The number of ether oxygens (including phenoxy) is 1. The van der Waals surface area contributed by atoms with Gasteiger partial charge in [0.25, 0.3) is 5.56 Å². The highest BCUT2D eigenvalue weighted by Crippen LogP contribution is 2.31. The molecular weight excluding hydrogens is 420 g/mol. The molecule has 3 N–H and O–H groups in total. The monoisotopic (exact) mass is 446 g/mol. The molecule has 11 heteroatoms. The lowest BCUT2D eigenvalue weighted by atomic mass is 10.1. The number of aryl methyl sites for hydroxylation is 2. The van der Waals surface area contributed by atoms with Gasteiger partial charge in [-0.25, -0.2) is 18.1 Å². The largest absolute Gasteiger partial charge is 0.493 e. The van der Waals surface area contributed by atoms with Crippen molar-refractivity contribution < 1.29 is 13.2 Å². The average molecular weight is 447 g/mol. The SMILES string of the molecule is CCCc1nn(C)c2c(=O)[nH]c(-c3cc(S(=O)(=O)NC4CNC4)ccc3OCC)nc12. The van der Waals surface area contributed by atoms with E-state index in [0.717, 1.165) is 12.1 Å². The molecule has 1 saturated heterocycles. The summed E-state index contributed by atoms with van der Waals surface area (Å²) in [6, 6.07) is 4.43. The molecule has 166 valence electrons. The molecule has 1 aliphatic heterocycles. The molecule has 0 unspecified atom stereocenters. The lowest BCUT2D eigenvalue weighted by molar-refractivity contribution is 0.341. The number of aromatic nitrogens is 4. The van der Waals surface area contributed by atoms with E-state index in [1.165, 1.54) is 16.8 Å². The first kappa shape index (κ1) is 21.5. The molecule has 4 rings (SSSR count). The van der Waals surface area contributed by atoms with Crippen LogP contribution in [0.25, 0.3) is 22.4 Å². The van der Waals surface area contributed by atoms with E-state index in [1.54, 1.807) is 13.1 Å². The molecule has 0 radical (unpaired) electrons. The summed E-state index contributed by atoms with van der Waals surface area (Å²) in [6.07, 6.45) is 1.54. The maximum atomic E-state index is 12.8. The first-order valence-corrected chi connectivity index (χ1v) is 11.8. The van der Waals surface area contributed by atoms with Gasteiger partial charge in [0.1, 0.15) is 17.1 Å². The Morgan fingerprint density at radius 1 is 1.29 bits per heavy atom. The minimum atomic E-state index is -3.73. The number of nitrogens with one attached hydrogen (secondary N) is 3. The minimum Gasteiger partial charge on any atom is -0.493 e. The summed E-state index contributed by atoms with van der Waals surface area (Å²) in [7, 11) is -2.02. The Hall–Kier alpha value is -2.76. The zero-order valence-electron chi connectivity index (χ0n) is 17.7. The highest BCUT2D eigenvalue weighted by molar-refractivity contribution is 7.89. The molecule has 0 spiro atoms. The smallest absolute Gasteiger partial charge is 0.277 e. The Morgan fingerprint density at radius 3 is 2.71 bits per heavy atom. The lowest BCUT2D eigenvalue weighted by Crippen LogP contribution is -2.56. The third-order valence-corrected chi connectivity index (χ3v) is 6.69. The van der Waals surface area contributed by atoms with Crippen molar-refractivity contribution >= 4 is 21.1 Å². The van der Waals surface area contributed by atoms with Crippen molar-refractivity contribution in [2.24, 2.45) is 7.05 Å². The Bertz CT molecular complexity index is 1280. The van der Waals surface area contributed by atoms with Crippen LogP contribution < -0.4 is 20.3 Å². The predicted octanol–water partition coefficient (Wildman–Crippen LogP) is 0.925. The second-order valence-corrected chi connectivity index (χ2v) is 9.21. The second kappa shape index (κ2) is 8.40. The molecule has 3 aromatic rings. The highest BCUT2D eigenvalue weighted by atomic mass is 32.2. The number of benzene rings is 1. The van der Waals surface area contributed by atoms with Crippen molar-refractivity contribution in [2.75, 3.05) is 19.7 Å². The van der Waals surface area contributed by atoms with Crippen LogP contribution in [0.15, 0.2) is 27.9 Å². The fraction of sp³-hybridized carbons (Fsp3) is 0.450. The quantitative estimate of drug-likeness (QED) is 0.469. The number of hydrogen-bond acceptors (Lipinski definition) is 7. The first-order chi connectivity index (χ1) is 14.8. The van der Waals surface area contributed by atoms with Crippen LogP contribution in [0.2, 0.25) is 0 Å². The van der Waals surface area contributed by atoms with Gasteiger partial charge in [-0.1, -0.05) is 13.3 Å². The maximum absolute atomic E-state index is 12.8. The Balaban J connectivity index is 1.86. The number of nitrogens with zero attached hydrogens (tertiary/aromatic N) is 3. The fourth-order valence-electron chi connectivity index (χ4n) is 3.58. The van der Waals surface area contributed by atoms with Crippen molar-refractivity contribution in [3.63, 3.8) is 0 Å². The van der Waals surface area contributed by atoms with Crippen LogP contribution in [-0.2, 0) is 23.5 Å². The van der Waals surface area contributed by atoms with E-state index in [4.69, 9.17) is 4.74 Å². The molecule has 2 aromatic heterocycles. The highest BCUT2D eigenvalue weighted by Gasteiger charge is 2.26. The van der Waals surface area contributed by atoms with Gasteiger partial charge >= 0.3 is 0 Å². The van der Waals surface area contributed by atoms with Crippen molar-refractivity contribution in [3.8, 4) is 17.1 Å². The molecule has 0 atom stereocenters. The third kappa shape index (κ3) is 4.08. The summed E-state index contributed by atoms with van der Waals surface area (Å²) in [5, 5.41) is 7.46. The normalized spacial score (nSPS) is 14.7. The summed E-state index contributed by atoms with van der Waals surface area (Å²) in [6.45, 7) is 5.43. The second-order valence-electron chi connectivity index (χ2n) is 7.50. The van der Waals surface area contributed by atoms with E-state index in [-0.39, 0.29) is 22.3 Å². The molecule has 0 bridgehead atoms. The van der Waals surface area contributed by atoms with E-state index in [2.05, 4.69) is 25.1 Å². The number of H-pyrrole nitrogens is 1. The molecule has 0 saturated carbocycles. The number of fused-ring (bicyclic) bond motifs is 1. The van der Waals surface area contributed by atoms with Crippen LogP contribution in [0.1, 0.15) is 26.0 Å². The van der Waals surface area contributed by atoms with E-state index in [9.17, 15) is 13.2 Å². The van der Waals surface area contributed by atoms with Gasteiger partial charge in [-0.3, -0.25) is 9.48 Å². The van der Waals surface area contributed by atoms with Crippen molar-refractivity contribution in [2.45, 2.75) is 37.6 Å². The van der Waals surface area contributed by atoms with Crippen LogP contribution in [0.3, 0.4) is 0 Å². The van der Waals surface area contributed by atoms with Gasteiger partial charge < -0.3 is 15.0 Å². The van der Waals surface area contributed by atoms with Gasteiger partial charge in [0.05, 0.1) is 22.8 Å². The topological polar surface area (TPSA) is 131 Å². The van der Waals surface area contributed by atoms with Crippen LogP contribution in [0, 0.1) is 0 Å². The van der Waals surface area contributed by atoms with E-state index in [1.807, 2.05) is 13.8 Å². The van der Waals surface area contributed by atoms with Crippen LogP contribution in [0.5, 0.6) is 5.75 Å². The van der Waals surface area contributed by atoms with Gasteiger partial charge in [0.2, 0.25) is 10.0 Å². The van der Waals surface area contributed by atoms with Gasteiger partial charge in [0, 0.05) is 26.2 Å². The first-order valence-electron chi connectivity index (χ1n) is 10.3. The summed E-state index contributed by atoms with van der Waals surface area (Å²) in [5.41, 5.74) is 1.69.